The molecule has 0 saturated carbocycles. The summed E-state index contributed by atoms with van der Waals surface area (Å²) in [5, 5.41) is 11.6. The smallest absolute Gasteiger partial charge is 0.278 e. The van der Waals surface area contributed by atoms with Crippen molar-refractivity contribution < 1.29 is 14.1 Å². The van der Waals surface area contributed by atoms with Crippen LogP contribution in [0.2, 0.25) is 0 Å². The second-order valence-corrected chi connectivity index (χ2v) is 9.38. The number of halogens is 1. The molecular formula is C26H27BrN4O3. The van der Waals surface area contributed by atoms with Gasteiger partial charge in [-0.25, -0.2) is 0 Å². The third kappa shape index (κ3) is 5.22. The number of benzene rings is 2. The van der Waals surface area contributed by atoms with E-state index in [4.69, 9.17) is 9.26 Å². The third-order valence-electron chi connectivity index (χ3n) is 5.64. The molecule has 7 nitrogen and oxygen atoms in total. The molecule has 0 aliphatic rings. The lowest BCUT2D eigenvalue weighted by molar-refractivity contribution is 0.101. The highest BCUT2D eigenvalue weighted by Crippen LogP contribution is 2.24. The quantitative estimate of drug-likeness (QED) is 0.319. The highest BCUT2D eigenvalue weighted by Gasteiger charge is 2.23. The molecule has 34 heavy (non-hydrogen) atoms. The van der Waals surface area contributed by atoms with E-state index in [1.807, 2.05) is 68.8 Å². The Labute approximate surface area is 207 Å². The molecule has 0 saturated heterocycles. The van der Waals surface area contributed by atoms with E-state index >= 15 is 0 Å². The number of carbonyl (C=O) groups excluding carboxylic acids is 1. The summed E-state index contributed by atoms with van der Waals surface area (Å²) < 4.78 is 14.2. The maximum absolute atomic E-state index is 13.1. The van der Waals surface area contributed by atoms with E-state index in [-0.39, 0.29) is 18.2 Å². The first-order valence-electron chi connectivity index (χ1n) is 11.0. The molecule has 0 aliphatic heterocycles. The summed E-state index contributed by atoms with van der Waals surface area (Å²) >= 11 is 3.46. The van der Waals surface area contributed by atoms with Gasteiger partial charge in [0.05, 0.1) is 29.2 Å². The van der Waals surface area contributed by atoms with Crippen molar-refractivity contribution >= 4 is 27.5 Å². The Balaban J connectivity index is 1.51. The zero-order valence-corrected chi connectivity index (χ0v) is 21.5. The highest BCUT2D eigenvalue weighted by molar-refractivity contribution is 9.10. The van der Waals surface area contributed by atoms with Gasteiger partial charge in [0, 0.05) is 4.47 Å². The second-order valence-electron chi connectivity index (χ2n) is 8.46. The average Bonchev–Trinajstić information content (AvgIpc) is 3.27. The first-order valence-corrected chi connectivity index (χ1v) is 11.8. The predicted molar refractivity (Wildman–Crippen MR) is 134 cm³/mol. The van der Waals surface area contributed by atoms with Crippen molar-refractivity contribution in [1.82, 2.24) is 14.9 Å². The minimum Gasteiger partial charge on any atom is -0.489 e. The van der Waals surface area contributed by atoms with Gasteiger partial charge in [0.1, 0.15) is 18.1 Å². The number of anilines is 1. The molecule has 1 N–H and O–H groups in total. The Morgan fingerprint density at radius 3 is 2.41 bits per heavy atom. The van der Waals surface area contributed by atoms with E-state index in [0.29, 0.717) is 23.6 Å². The van der Waals surface area contributed by atoms with Crippen LogP contribution in [0.1, 0.15) is 49.9 Å². The number of carbonyl (C=O) groups is 1. The molecular weight excluding hydrogens is 496 g/mol. The normalized spacial score (nSPS) is 11.0. The molecule has 0 bridgehead atoms. The molecule has 2 heterocycles. The van der Waals surface area contributed by atoms with Crippen LogP contribution in [-0.2, 0) is 13.2 Å². The molecule has 0 fully saturated rings. The minimum absolute atomic E-state index is 0.182. The first kappa shape index (κ1) is 23.8. The topological polar surface area (TPSA) is 82.2 Å². The molecule has 176 valence electrons. The number of hydrogen-bond acceptors (Lipinski definition) is 5. The van der Waals surface area contributed by atoms with Crippen molar-refractivity contribution in [2.75, 3.05) is 5.32 Å². The van der Waals surface area contributed by atoms with Crippen molar-refractivity contribution in [2.45, 2.75) is 47.8 Å². The Morgan fingerprint density at radius 1 is 1.06 bits per heavy atom. The zero-order valence-electron chi connectivity index (χ0n) is 19.9. The molecule has 0 atom stereocenters. The van der Waals surface area contributed by atoms with E-state index in [9.17, 15) is 4.79 Å². The minimum atomic E-state index is -0.356. The van der Waals surface area contributed by atoms with Gasteiger partial charge in [-0.1, -0.05) is 39.3 Å². The molecule has 2 aromatic heterocycles. The molecule has 0 unspecified atom stereocenters. The number of ether oxygens (including phenoxy) is 1. The van der Waals surface area contributed by atoms with Gasteiger partial charge in [0.2, 0.25) is 0 Å². The fraction of sp³-hybridized carbons (Fsp3) is 0.269. The van der Waals surface area contributed by atoms with Crippen LogP contribution < -0.4 is 10.1 Å². The van der Waals surface area contributed by atoms with E-state index in [1.165, 1.54) is 0 Å². The van der Waals surface area contributed by atoms with Gasteiger partial charge >= 0.3 is 0 Å². The molecule has 2 aromatic carbocycles. The molecule has 0 aliphatic carbocycles. The molecule has 1 amide bonds. The summed E-state index contributed by atoms with van der Waals surface area (Å²) in [5.74, 6) is 0.935. The van der Waals surface area contributed by atoms with Crippen LogP contribution >= 0.6 is 15.9 Å². The van der Waals surface area contributed by atoms with Crippen molar-refractivity contribution in [3.63, 3.8) is 0 Å². The predicted octanol–water partition coefficient (Wildman–Crippen LogP) is 6.06. The van der Waals surface area contributed by atoms with Crippen molar-refractivity contribution in [3.8, 4) is 5.75 Å². The third-order valence-corrected chi connectivity index (χ3v) is 6.17. The van der Waals surface area contributed by atoms with Gasteiger partial charge in [0.25, 0.3) is 5.91 Å². The molecule has 8 heteroatoms. The van der Waals surface area contributed by atoms with Crippen LogP contribution in [-0.4, -0.2) is 20.8 Å². The molecule has 0 radical (unpaired) electrons. The number of aromatic nitrogens is 3. The fourth-order valence-electron chi connectivity index (χ4n) is 3.88. The van der Waals surface area contributed by atoms with Crippen LogP contribution in [0.15, 0.2) is 51.5 Å². The van der Waals surface area contributed by atoms with Crippen LogP contribution in [0.4, 0.5) is 5.69 Å². The number of rotatable bonds is 7. The van der Waals surface area contributed by atoms with Crippen molar-refractivity contribution in [3.05, 3.63) is 92.0 Å². The van der Waals surface area contributed by atoms with E-state index in [2.05, 4.69) is 37.6 Å². The van der Waals surface area contributed by atoms with Crippen LogP contribution in [0.5, 0.6) is 5.75 Å². The van der Waals surface area contributed by atoms with Crippen molar-refractivity contribution in [2.24, 2.45) is 0 Å². The van der Waals surface area contributed by atoms with Gasteiger partial charge in [-0.3, -0.25) is 9.48 Å². The first-order chi connectivity index (χ1) is 16.2. The van der Waals surface area contributed by atoms with Crippen LogP contribution in [0.3, 0.4) is 0 Å². The van der Waals surface area contributed by atoms with Crippen LogP contribution in [0.25, 0.3) is 0 Å². The monoisotopic (exact) mass is 522 g/mol. The summed E-state index contributed by atoms with van der Waals surface area (Å²) in [6.45, 7) is 10.4. The Kier molecular flexibility index (Phi) is 6.88. The largest absolute Gasteiger partial charge is 0.489 e. The standard InChI is InChI=1S/C26H27BrN4O3/c1-15-10-16(2)12-22(11-15)33-14-23-19(5)34-30-25(23)26(32)28-24-17(3)29-31(18(24)4)13-20-6-8-21(27)9-7-20/h6-12H,13-14H2,1-5H3,(H,28,32). The van der Waals surface area contributed by atoms with Gasteiger partial charge in [0.15, 0.2) is 5.69 Å². The fourth-order valence-corrected chi connectivity index (χ4v) is 4.14. The number of aryl methyl sites for hydroxylation is 4. The van der Waals surface area contributed by atoms with Gasteiger partial charge in [-0.15, -0.1) is 0 Å². The second kappa shape index (κ2) is 9.85. The Hall–Kier alpha value is -3.39. The number of nitrogens with one attached hydrogen (secondary N) is 1. The summed E-state index contributed by atoms with van der Waals surface area (Å²) in [4.78, 5) is 13.1. The van der Waals surface area contributed by atoms with Gasteiger partial charge in [-0.05, 0) is 75.6 Å². The summed E-state index contributed by atoms with van der Waals surface area (Å²) in [5.41, 5.74) is 6.43. The summed E-state index contributed by atoms with van der Waals surface area (Å²) in [6, 6.07) is 14.1. The number of nitrogens with zero attached hydrogens (tertiary/aromatic N) is 3. The molecule has 4 aromatic rings. The SMILES string of the molecule is Cc1cc(C)cc(OCc2c(C(=O)Nc3c(C)nn(Cc4ccc(Br)cc4)c3C)noc2C)c1. The Morgan fingerprint density at radius 2 is 1.74 bits per heavy atom. The van der Waals surface area contributed by atoms with Gasteiger partial charge in [-0.2, -0.15) is 5.10 Å². The number of hydrogen-bond donors (Lipinski definition) is 1. The lowest BCUT2D eigenvalue weighted by atomic mass is 10.1. The van der Waals surface area contributed by atoms with E-state index in [0.717, 1.165) is 38.3 Å². The lowest BCUT2D eigenvalue weighted by Crippen LogP contribution is -2.16. The lowest BCUT2D eigenvalue weighted by Gasteiger charge is -2.09. The van der Waals surface area contributed by atoms with E-state index in [1.54, 1.807) is 6.92 Å². The number of amides is 1. The van der Waals surface area contributed by atoms with E-state index < -0.39 is 0 Å². The Bertz CT molecular complexity index is 1320. The maximum atomic E-state index is 13.1. The molecule has 0 spiro atoms. The zero-order chi connectivity index (χ0) is 24.4. The maximum Gasteiger partial charge on any atom is 0.278 e. The molecule has 4 rings (SSSR count). The average molecular weight is 523 g/mol. The van der Waals surface area contributed by atoms with Crippen LogP contribution in [0, 0.1) is 34.6 Å². The van der Waals surface area contributed by atoms with Gasteiger partial charge < -0.3 is 14.6 Å². The summed E-state index contributed by atoms with van der Waals surface area (Å²) in [7, 11) is 0. The van der Waals surface area contributed by atoms with Crippen molar-refractivity contribution in [1.29, 1.82) is 0 Å². The summed E-state index contributed by atoms with van der Waals surface area (Å²) in [6.07, 6.45) is 0. The highest BCUT2D eigenvalue weighted by atomic mass is 79.9.